The van der Waals surface area contributed by atoms with Crippen LogP contribution in [0.4, 0.5) is 0 Å². The molecule has 1 amide bonds. The molecular formula is C18H20N2O3. The van der Waals surface area contributed by atoms with Crippen LogP contribution in [0.3, 0.4) is 0 Å². The quantitative estimate of drug-likeness (QED) is 0.809. The van der Waals surface area contributed by atoms with E-state index in [0.717, 1.165) is 42.0 Å². The highest BCUT2D eigenvalue weighted by atomic mass is 16.5. The number of carbonyl (C=O) groups excluding carboxylic acids is 1. The minimum Gasteiger partial charge on any atom is -0.488 e. The van der Waals surface area contributed by atoms with Crippen molar-refractivity contribution in [2.75, 3.05) is 13.1 Å². The van der Waals surface area contributed by atoms with Gasteiger partial charge in [-0.05, 0) is 37.8 Å². The number of fused-ring (bicyclic) bond motifs is 3. The summed E-state index contributed by atoms with van der Waals surface area (Å²) in [6, 6.07) is 5.95. The molecular weight excluding hydrogens is 292 g/mol. The Labute approximate surface area is 135 Å². The first-order chi connectivity index (χ1) is 11.1. The maximum Gasteiger partial charge on any atom is 0.276 e. The number of hydrogen-bond acceptors (Lipinski definition) is 4. The molecule has 0 saturated carbocycles. The SMILES string of the molecule is Cc1ccc2c(c1)-c1onc(C(=O)N3CCCC(C)C3)c1CO2. The molecule has 2 aliphatic heterocycles. The van der Waals surface area contributed by atoms with Crippen molar-refractivity contribution >= 4 is 5.91 Å². The molecule has 2 aromatic rings. The average Bonchev–Trinajstić information content (AvgIpc) is 2.98. The van der Waals surface area contributed by atoms with Gasteiger partial charge in [-0.25, -0.2) is 0 Å². The van der Waals surface area contributed by atoms with E-state index in [-0.39, 0.29) is 5.91 Å². The second kappa shape index (κ2) is 5.41. The van der Waals surface area contributed by atoms with Gasteiger partial charge in [0.15, 0.2) is 11.5 Å². The molecule has 4 rings (SSSR count). The van der Waals surface area contributed by atoms with Crippen LogP contribution in [0.15, 0.2) is 22.7 Å². The molecule has 1 fully saturated rings. The zero-order chi connectivity index (χ0) is 16.0. The lowest BCUT2D eigenvalue weighted by atomic mass is 9.98. The molecule has 1 saturated heterocycles. The fraction of sp³-hybridized carbons (Fsp3) is 0.444. The number of carbonyl (C=O) groups is 1. The van der Waals surface area contributed by atoms with Crippen LogP contribution in [0.1, 0.15) is 41.4 Å². The second-order valence-electron chi connectivity index (χ2n) is 6.63. The van der Waals surface area contributed by atoms with Gasteiger partial charge < -0.3 is 14.2 Å². The highest BCUT2D eigenvalue weighted by Crippen LogP contribution is 2.39. The minimum atomic E-state index is -0.0405. The van der Waals surface area contributed by atoms with Crippen LogP contribution in [0, 0.1) is 12.8 Å². The highest BCUT2D eigenvalue weighted by molar-refractivity contribution is 5.95. The first-order valence-corrected chi connectivity index (χ1v) is 8.15. The van der Waals surface area contributed by atoms with Gasteiger partial charge in [0.2, 0.25) is 0 Å². The third-order valence-corrected chi connectivity index (χ3v) is 4.69. The summed E-state index contributed by atoms with van der Waals surface area (Å²) in [5.41, 5.74) is 3.17. The molecule has 120 valence electrons. The minimum absolute atomic E-state index is 0.0405. The van der Waals surface area contributed by atoms with Crippen LogP contribution in [0.2, 0.25) is 0 Å². The molecule has 1 aromatic carbocycles. The number of rotatable bonds is 1. The van der Waals surface area contributed by atoms with Gasteiger partial charge in [-0.3, -0.25) is 4.79 Å². The molecule has 0 bridgehead atoms. The van der Waals surface area contributed by atoms with Crippen LogP contribution in [0.5, 0.6) is 5.75 Å². The molecule has 1 aromatic heterocycles. The molecule has 5 heteroatoms. The maximum absolute atomic E-state index is 12.8. The zero-order valence-electron chi connectivity index (χ0n) is 13.5. The number of benzene rings is 1. The number of piperidine rings is 1. The zero-order valence-corrected chi connectivity index (χ0v) is 13.5. The van der Waals surface area contributed by atoms with Gasteiger partial charge in [-0.1, -0.05) is 23.7 Å². The van der Waals surface area contributed by atoms with E-state index in [1.165, 1.54) is 6.42 Å². The molecule has 1 atom stereocenters. The van der Waals surface area contributed by atoms with Crippen molar-refractivity contribution in [2.45, 2.75) is 33.3 Å². The van der Waals surface area contributed by atoms with E-state index in [0.29, 0.717) is 24.0 Å². The fourth-order valence-electron chi connectivity index (χ4n) is 3.44. The summed E-state index contributed by atoms with van der Waals surface area (Å²) in [6.07, 6.45) is 2.22. The first kappa shape index (κ1) is 14.3. The summed E-state index contributed by atoms with van der Waals surface area (Å²) >= 11 is 0. The van der Waals surface area contributed by atoms with Gasteiger partial charge in [-0.2, -0.15) is 0 Å². The monoisotopic (exact) mass is 312 g/mol. The van der Waals surface area contributed by atoms with Gasteiger partial charge in [0, 0.05) is 13.1 Å². The third kappa shape index (κ3) is 2.40. The Morgan fingerprint density at radius 3 is 3.09 bits per heavy atom. The Balaban J connectivity index is 1.70. The lowest BCUT2D eigenvalue weighted by Gasteiger charge is -2.30. The van der Waals surface area contributed by atoms with Crippen LogP contribution >= 0.6 is 0 Å². The Kier molecular flexibility index (Phi) is 3.36. The van der Waals surface area contributed by atoms with Crippen molar-refractivity contribution in [3.63, 3.8) is 0 Å². The van der Waals surface area contributed by atoms with E-state index < -0.39 is 0 Å². The molecule has 0 N–H and O–H groups in total. The van der Waals surface area contributed by atoms with Crippen molar-refractivity contribution in [2.24, 2.45) is 5.92 Å². The molecule has 0 spiro atoms. The van der Waals surface area contributed by atoms with Crippen molar-refractivity contribution in [3.8, 4) is 17.1 Å². The molecule has 2 aliphatic rings. The van der Waals surface area contributed by atoms with Crippen molar-refractivity contribution < 1.29 is 14.1 Å². The number of nitrogens with zero attached hydrogens (tertiary/aromatic N) is 2. The summed E-state index contributed by atoms with van der Waals surface area (Å²) in [5, 5.41) is 4.08. The molecule has 0 radical (unpaired) electrons. The molecule has 0 aliphatic carbocycles. The van der Waals surface area contributed by atoms with Gasteiger partial charge in [0.05, 0.1) is 11.1 Å². The van der Waals surface area contributed by atoms with Gasteiger partial charge in [0.25, 0.3) is 5.91 Å². The lowest BCUT2D eigenvalue weighted by molar-refractivity contribution is 0.0670. The summed E-state index contributed by atoms with van der Waals surface area (Å²) < 4.78 is 11.3. The lowest BCUT2D eigenvalue weighted by Crippen LogP contribution is -2.39. The number of amides is 1. The molecule has 3 heterocycles. The number of ether oxygens (including phenoxy) is 1. The van der Waals surface area contributed by atoms with Gasteiger partial charge in [0.1, 0.15) is 12.4 Å². The summed E-state index contributed by atoms with van der Waals surface area (Å²) in [6.45, 7) is 6.11. The van der Waals surface area contributed by atoms with E-state index in [2.05, 4.69) is 12.1 Å². The predicted molar refractivity (Wildman–Crippen MR) is 85.3 cm³/mol. The van der Waals surface area contributed by atoms with Gasteiger partial charge in [-0.15, -0.1) is 0 Å². The molecule has 5 nitrogen and oxygen atoms in total. The number of likely N-dealkylation sites (tertiary alicyclic amines) is 1. The molecule has 23 heavy (non-hydrogen) atoms. The van der Waals surface area contributed by atoms with Crippen molar-refractivity contribution in [1.29, 1.82) is 0 Å². The van der Waals surface area contributed by atoms with E-state index in [1.807, 2.05) is 30.0 Å². The first-order valence-electron chi connectivity index (χ1n) is 8.15. The van der Waals surface area contributed by atoms with E-state index in [1.54, 1.807) is 0 Å². The molecule has 1 unspecified atom stereocenters. The van der Waals surface area contributed by atoms with E-state index in [9.17, 15) is 4.79 Å². The standard InChI is InChI=1S/C18H20N2O3/c1-11-5-6-15-13(8-11)17-14(10-22-15)16(19-23-17)18(21)20-7-3-4-12(2)9-20/h5-6,8,12H,3-4,7,9-10H2,1-2H3. The number of hydrogen-bond donors (Lipinski definition) is 0. The average molecular weight is 312 g/mol. The Hall–Kier alpha value is -2.30. The van der Waals surface area contributed by atoms with Crippen LogP contribution in [-0.2, 0) is 6.61 Å². The Bertz CT molecular complexity index is 766. The smallest absolute Gasteiger partial charge is 0.276 e. The van der Waals surface area contributed by atoms with Crippen molar-refractivity contribution in [3.05, 3.63) is 35.0 Å². The second-order valence-corrected chi connectivity index (χ2v) is 6.63. The van der Waals surface area contributed by atoms with Crippen LogP contribution in [-0.4, -0.2) is 29.1 Å². The predicted octanol–water partition coefficient (Wildman–Crippen LogP) is 3.41. The van der Waals surface area contributed by atoms with Crippen molar-refractivity contribution in [1.82, 2.24) is 10.1 Å². The normalized spacial score (nSPS) is 19.7. The third-order valence-electron chi connectivity index (χ3n) is 4.69. The van der Waals surface area contributed by atoms with E-state index in [4.69, 9.17) is 9.26 Å². The summed E-state index contributed by atoms with van der Waals surface area (Å²) in [5.74, 6) is 1.95. The van der Waals surface area contributed by atoms with Crippen LogP contribution < -0.4 is 4.74 Å². The topological polar surface area (TPSA) is 55.6 Å². The van der Waals surface area contributed by atoms with E-state index >= 15 is 0 Å². The summed E-state index contributed by atoms with van der Waals surface area (Å²) in [4.78, 5) is 14.7. The Morgan fingerprint density at radius 2 is 2.26 bits per heavy atom. The number of aromatic nitrogens is 1. The highest BCUT2D eigenvalue weighted by Gasteiger charge is 2.32. The fourth-order valence-corrected chi connectivity index (χ4v) is 3.44. The van der Waals surface area contributed by atoms with Gasteiger partial charge >= 0.3 is 0 Å². The summed E-state index contributed by atoms with van der Waals surface area (Å²) in [7, 11) is 0. The maximum atomic E-state index is 12.8. The largest absolute Gasteiger partial charge is 0.488 e. The number of aryl methyl sites for hydroxylation is 1. The van der Waals surface area contributed by atoms with Crippen LogP contribution in [0.25, 0.3) is 11.3 Å². The Morgan fingerprint density at radius 1 is 1.39 bits per heavy atom.